The quantitative estimate of drug-likeness (QED) is 0.820. The molecule has 0 heterocycles. The van der Waals surface area contributed by atoms with Gasteiger partial charge < -0.3 is 5.73 Å². The van der Waals surface area contributed by atoms with Gasteiger partial charge in [0.2, 0.25) is 0 Å². The maximum Gasteiger partial charge on any atom is 0.0992 e. The molecular weight excluding hydrogens is 264 g/mol. The predicted molar refractivity (Wildman–Crippen MR) is 84.8 cm³/mol. The molecule has 0 saturated heterocycles. The molecule has 0 aliphatic carbocycles. The molecule has 0 saturated carbocycles. The lowest BCUT2D eigenvalue weighted by molar-refractivity contribution is 0.590. The van der Waals surface area contributed by atoms with E-state index in [0.717, 1.165) is 9.79 Å². The van der Waals surface area contributed by atoms with E-state index in [1.165, 1.54) is 5.56 Å². The first-order valence-electron chi connectivity index (χ1n) is 6.48. The molecule has 2 aromatic rings. The summed E-state index contributed by atoms with van der Waals surface area (Å²) in [7, 11) is 0. The van der Waals surface area contributed by atoms with Gasteiger partial charge >= 0.3 is 0 Å². The minimum Gasteiger partial charge on any atom is -0.398 e. The number of nitrogens with zero attached hydrogens (tertiary/aromatic N) is 1. The fourth-order valence-corrected chi connectivity index (χ4v) is 2.74. The Morgan fingerprint density at radius 1 is 1.05 bits per heavy atom. The van der Waals surface area contributed by atoms with E-state index in [2.05, 4.69) is 51.1 Å². The Morgan fingerprint density at radius 2 is 1.70 bits per heavy atom. The predicted octanol–water partition coefficient (Wildman–Crippen LogP) is 4.59. The van der Waals surface area contributed by atoms with Gasteiger partial charge in [-0.1, -0.05) is 44.7 Å². The van der Waals surface area contributed by atoms with Gasteiger partial charge in [0.1, 0.15) is 0 Å². The van der Waals surface area contributed by atoms with Crippen LogP contribution in [0.5, 0.6) is 0 Å². The maximum atomic E-state index is 8.94. The Kier molecular flexibility index (Phi) is 4.06. The van der Waals surface area contributed by atoms with Crippen molar-refractivity contribution in [3.8, 4) is 6.07 Å². The zero-order valence-electron chi connectivity index (χ0n) is 12.0. The molecule has 0 amide bonds. The second kappa shape index (κ2) is 5.60. The van der Waals surface area contributed by atoms with Gasteiger partial charge in [0, 0.05) is 15.5 Å². The van der Waals surface area contributed by atoms with Crippen LogP contribution in [0.3, 0.4) is 0 Å². The highest BCUT2D eigenvalue weighted by Crippen LogP contribution is 2.34. The smallest absolute Gasteiger partial charge is 0.0992 e. The van der Waals surface area contributed by atoms with Crippen LogP contribution in [0.4, 0.5) is 5.69 Å². The first-order chi connectivity index (χ1) is 9.40. The molecule has 2 aromatic carbocycles. The lowest BCUT2D eigenvalue weighted by Crippen LogP contribution is -2.10. The van der Waals surface area contributed by atoms with Crippen molar-refractivity contribution in [3.05, 3.63) is 53.6 Å². The number of rotatable bonds is 2. The summed E-state index contributed by atoms with van der Waals surface area (Å²) in [5.41, 5.74) is 8.76. The van der Waals surface area contributed by atoms with Crippen molar-refractivity contribution in [2.45, 2.75) is 36.0 Å². The highest BCUT2D eigenvalue weighted by Gasteiger charge is 2.13. The fraction of sp³-hybridized carbons (Fsp3) is 0.235. The standard InChI is InChI=1S/C17H18N2S/c1-17(2,3)13-5-7-14(8-6-13)20-16-10-12(11-18)4-9-15(16)19/h4-10H,19H2,1-3H3. The number of benzene rings is 2. The van der Waals surface area contributed by atoms with E-state index < -0.39 is 0 Å². The molecule has 3 heteroatoms. The number of anilines is 1. The monoisotopic (exact) mass is 282 g/mol. The summed E-state index contributed by atoms with van der Waals surface area (Å²) in [4.78, 5) is 2.05. The third-order valence-electron chi connectivity index (χ3n) is 3.09. The summed E-state index contributed by atoms with van der Waals surface area (Å²) in [6.45, 7) is 6.59. The van der Waals surface area contributed by atoms with Crippen molar-refractivity contribution in [1.29, 1.82) is 5.26 Å². The molecule has 2 N–H and O–H groups in total. The molecule has 0 unspecified atom stereocenters. The number of nitrogen functional groups attached to an aromatic ring is 1. The molecule has 0 aromatic heterocycles. The summed E-state index contributed by atoms with van der Waals surface area (Å²) in [6, 6.07) is 16.0. The van der Waals surface area contributed by atoms with Crippen LogP contribution in [0.15, 0.2) is 52.3 Å². The Labute approximate surface area is 124 Å². The minimum absolute atomic E-state index is 0.156. The Balaban J connectivity index is 2.25. The lowest BCUT2D eigenvalue weighted by atomic mass is 9.87. The molecule has 20 heavy (non-hydrogen) atoms. The van der Waals surface area contributed by atoms with Crippen LogP contribution in [-0.2, 0) is 5.41 Å². The third-order valence-corrected chi connectivity index (χ3v) is 4.17. The second-order valence-electron chi connectivity index (χ2n) is 5.74. The molecule has 2 rings (SSSR count). The molecule has 0 spiro atoms. The van der Waals surface area contributed by atoms with Gasteiger partial charge in [-0.05, 0) is 41.3 Å². The Morgan fingerprint density at radius 3 is 2.25 bits per heavy atom. The van der Waals surface area contributed by atoms with Crippen molar-refractivity contribution in [1.82, 2.24) is 0 Å². The van der Waals surface area contributed by atoms with Gasteiger partial charge in [-0.25, -0.2) is 0 Å². The topological polar surface area (TPSA) is 49.8 Å². The van der Waals surface area contributed by atoms with Gasteiger partial charge in [0.15, 0.2) is 0 Å². The molecule has 2 nitrogen and oxygen atoms in total. The van der Waals surface area contributed by atoms with Crippen LogP contribution in [0, 0.1) is 11.3 Å². The van der Waals surface area contributed by atoms with Crippen molar-refractivity contribution < 1.29 is 0 Å². The average molecular weight is 282 g/mol. The van der Waals surface area contributed by atoms with Gasteiger partial charge in [-0.15, -0.1) is 0 Å². The van der Waals surface area contributed by atoms with Crippen LogP contribution in [-0.4, -0.2) is 0 Å². The number of hydrogen-bond acceptors (Lipinski definition) is 3. The average Bonchev–Trinajstić information content (AvgIpc) is 2.41. The zero-order chi connectivity index (χ0) is 14.8. The number of hydrogen-bond donors (Lipinski definition) is 1. The summed E-state index contributed by atoms with van der Waals surface area (Å²) in [5, 5.41) is 8.94. The summed E-state index contributed by atoms with van der Waals surface area (Å²) >= 11 is 1.59. The third kappa shape index (κ3) is 3.34. The molecule has 0 radical (unpaired) electrons. The van der Waals surface area contributed by atoms with E-state index in [1.54, 1.807) is 23.9 Å². The normalized spacial score (nSPS) is 11.1. The largest absolute Gasteiger partial charge is 0.398 e. The highest BCUT2D eigenvalue weighted by molar-refractivity contribution is 7.99. The zero-order valence-corrected chi connectivity index (χ0v) is 12.8. The van der Waals surface area contributed by atoms with Crippen molar-refractivity contribution in [2.75, 3.05) is 5.73 Å². The lowest BCUT2D eigenvalue weighted by Gasteiger charge is -2.19. The number of nitrogens with two attached hydrogens (primary N) is 1. The maximum absolute atomic E-state index is 8.94. The van der Waals surface area contributed by atoms with Gasteiger partial charge in [-0.2, -0.15) is 5.26 Å². The summed E-state index contributed by atoms with van der Waals surface area (Å²) < 4.78 is 0. The Hall–Kier alpha value is -1.92. The van der Waals surface area contributed by atoms with E-state index >= 15 is 0 Å². The van der Waals surface area contributed by atoms with Crippen LogP contribution >= 0.6 is 11.8 Å². The van der Waals surface area contributed by atoms with Crippen molar-refractivity contribution in [2.24, 2.45) is 0 Å². The van der Waals surface area contributed by atoms with Gasteiger partial charge in [0.05, 0.1) is 11.6 Å². The molecular formula is C17H18N2S. The first-order valence-corrected chi connectivity index (χ1v) is 7.30. The molecule has 0 bridgehead atoms. The first kappa shape index (κ1) is 14.5. The highest BCUT2D eigenvalue weighted by atomic mass is 32.2. The second-order valence-corrected chi connectivity index (χ2v) is 6.86. The van der Waals surface area contributed by atoms with E-state index in [9.17, 15) is 0 Å². The van der Waals surface area contributed by atoms with E-state index in [-0.39, 0.29) is 5.41 Å². The Bertz CT molecular complexity index is 646. The van der Waals surface area contributed by atoms with Crippen molar-refractivity contribution in [3.63, 3.8) is 0 Å². The van der Waals surface area contributed by atoms with Gasteiger partial charge in [0.25, 0.3) is 0 Å². The van der Waals surface area contributed by atoms with E-state index in [1.807, 2.05) is 6.07 Å². The van der Waals surface area contributed by atoms with Gasteiger partial charge in [-0.3, -0.25) is 0 Å². The number of nitriles is 1. The molecule has 102 valence electrons. The summed E-state index contributed by atoms with van der Waals surface area (Å²) in [5.74, 6) is 0. The van der Waals surface area contributed by atoms with Crippen molar-refractivity contribution >= 4 is 17.4 Å². The molecule has 0 aliphatic rings. The fourth-order valence-electron chi connectivity index (χ4n) is 1.84. The SMILES string of the molecule is CC(C)(C)c1ccc(Sc2cc(C#N)ccc2N)cc1. The van der Waals surface area contributed by atoms with E-state index in [0.29, 0.717) is 11.3 Å². The summed E-state index contributed by atoms with van der Waals surface area (Å²) in [6.07, 6.45) is 0. The molecule has 0 atom stereocenters. The molecule has 0 fully saturated rings. The van der Waals surface area contributed by atoms with E-state index in [4.69, 9.17) is 11.0 Å². The van der Waals surface area contributed by atoms with Crippen LogP contribution in [0.2, 0.25) is 0 Å². The van der Waals surface area contributed by atoms with Crippen LogP contribution in [0.25, 0.3) is 0 Å². The van der Waals surface area contributed by atoms with Crippen LogP contribution in [0.1, 0.15) is 31.9 Å². The molecule has 0 aliphatic heterocycles. The minimum atomic E-state index is 0.156. The van der Waals surface area contributed by atoms with Crippen LogP contribution < -0.4 is 5.73 Å².